The molecular weight excluding hydrogens is 947 g/mol. The zero-order chi connectivity index (χ0) is 55.7. The van der Waals surface area contributed by atoms with Crippen LogP contribution in [0.25, 0.3) is 0 Å². The molecule has 1 amide bonds. The largest absolute Gasteiger partial charge is 0.466 e. The molecule has 2 unspecified atom stereocenters. The molecule has 456 valence electrons. The minimum absolute atomic E-state index is 0.0126. The number of rotatable bonds is 66. The van der Waals surface area contributed by atoms with Crippen LogP contribution < -0.4 is 5.32 Å². The van der Waals surface area contributed by atoms with Gasteiger partial charge in [0.2, 0.25) is 5.91 Å². The molecule has 0 heterocycles. The van der Waals surface area contributed by atoms with Gasteiger partial charge in [0.25, 0.3) is 0 Å². The van der Waals surface area contributed by atoms with Crippen molar-refractivity contribution in [3.8, 4) is 0 Å². The van der Waals surface area contributed by atoms with E-state index in [2.05, 4.69) is 31.3 Å². The molecule has 0 aromatic rings. The summed E-state index contributed by atoms with van der Waals surface area (Å²) in [5.41, 5.74) is 0. The lowest BCUT2D eigenvalue weighted by atomic mass is 10.0. The summed E-state index contributed by atoms with van der Waals surface area (Å²) in [5.74, 6) is -0.0485. The highest BCUT2D eigenvalue weighted by atomic mass is 16.5. The highest BCUT2D eigenvalue weighted by Gasteiger charge is 2.18. The van der Waals surface area contributed by atoms with Crippen molar-refractivity contribution in [2.75, 3.05) is 13.2 Å². The van der Waals surface area contributed by atoms with E-state index in [0.29, 0.717) is 19.4 Å². The normalized spacial score (nSPS) is 12.6. The molecule has 2 atom stereocenters. The van der Waals surface area contributed by atoms with Gasteiger partial charge in [-0.3, -0.25) is 9.59 Å². The monoisotopic (exact) mass is 1080 g/mol. The fourth-order valence-electron chi connectivity index (χ4n) is 11.1. The van der Waals surface area contributed by atoms with E-state index in [4.69, 9.17) is 4.74 Å². The first-order chi connectivity index (χ1) is 38.0. The molecule has 0 saturated heterocycles. The lowest BCUT2D eigenvalue weighted by molar-refractivity contribution is -0.143. The number of allylic oxidation sites excluding steroid dienone is 3. The minimum Gasteiger partial charge on any atom is -0.466 e. The Hall–Kier alpha value is -1.66. The molecule has 0 saturated carbocycles. The zero-order valence-electron chi connectivity index (χ0n) is 52.2. The number of unbranched alkanes of at least 4 members (excludes halogenated alkanes) is 53. The predicted octanol–water partition coefficient (Wildman–Crippen LogP) is 22.5. The van der Waals surface area contributed by atoms with Gasteiger partial charge in [-0.2, -0.15) is 0 Å². The van der Waals surface area contributed by atoms with Gasteiger partial charge in [0.05, 0.1) is 25.4 Å². The highest BCUT2D eigenvalue weighted by molar-refractivity contribution is 5.76. The molecule has 6 nitrogen and oxygen atoms in total. The van der Waals surface area contributed by atoms with Crippen molar-refractivity contribution in [2.24, 2.45) is 0 Å². The van der Waals surface area contributed by atoms with Crippen molar-refractivity contribution in [2.45, 2.75) is 405 Å². The molecule has 0 aromatic heterocycles. The number of carbonyl (C=O) groups excluding carboxylic acids is 2. The average Bonchev–Trinajstić information content (AvgIpc) is 3.43. The lowest BCUT2D eigenvalue weighted by Crippen LogP contribution is -2.45. The summed E-state index contributed by atoms with van der Waals surface area (Å²) in [4.78, 5) is 24.5. The topological polar surface area (TPSA) is 95.9 Å². The van der Waals surface area contributed by atoms with E-state index >= 15 is 0 Å². The third kappa shape index (κ3) is 63.4. The number of carbonyl (C=O) groups is 2. The molecule has 6 heteroatoms. The van der Waals surface area contributed by atoms with Crippen molar-refractivity contribution < 1.29 is 24.5 Å². The van der Waals surface area contributed by atoms with Crippen LogP contribution in [0, 0.1) is 0 Å². The van der Waals surface area contributed by atoms with Gasteiger partial charge in [-0.1, -0.05) is 346 Å². The maximum atomic E-state index is 12.5. The molecule has 3 N–H and O–H groups in total. The van der Waals surface area contributed by atoms with Crippen LogP contribution in [0.5, 0.6) is 0 Å². The Morgan fingerprint density at radius 3 is 0.948 bits per heavy atom. The van der Waals surface area contributed by atoms with E-state index in [1.165, 1.54) is 321 Å². The predicted molar refractivity (Wildman–Crippen MR) is 338 cm³/mol. The Bertz CT molecular complexity index is 1200. The molecule has 0 bridgehead atoms. The standard InChI is InChI=1S/C71H137NO5/c1-3-5-7-9-11-13-15-40-43-47-51-55-59-63-69(74)68(67-73)72-70(75)64-60-56-52-48-44-41-38-36-34-32-30-28-26-24-22-20-18-17-19-21-23-25-27-29-31-33-35-37-39-42-46-50-54-58-62-66-77-71(76)65-61-57-53-49-45-16-14-12-10-8-6-4-2/h12,14,59,63,68-69,73-74H,3-11,13,15-58,60-62,64-67H2,1-2H3,(H,72,75)/b14-12-,63-59+. The van der Waals surface area contributed by atoms with Gasteiger partial charge in [0.1, 0.15) is 0 Å². The second-order valence-electron chi connectivity index (χ2n) is 24.2. The first kappa shape index (κ1) is 75.3. The van der Waals surface area contributed by atoms with Crippen molar-refractivity contribution in [1.82, 2.24) is 5.32 Å². The fourth-order valence-corrected chi connectivity index (χ4v) is 11.1. The van der Waals surface area contributed by atoms with Gasteiger partial charge in [-0.15, -0.1) is 0 Å². The van der Waals surface area contributed by atoms with Crippen LogP contribution in [-0.4, -0.2) is 47.4 Å². The number of aliphatic hydroxyl groups is 2. The van der Waals surface area contributed by atoms with Crippen LogP contribution in [0.15, 0.2) is 24.3 Å². The van der Waals surface area contributed by atoms with Crippen LogP contribution in [0.4, 0.5) is 0 Å². The zero-order valence-corrected chi connectivity index (χ0v) is 52.2. The number of nitrogens with one attached hydrogen (secondary N) is 1. The Balaban J connectivity index is 3.31. The summed E-state index contributed by atoms with van der Waals surface area (Å²) in [6, 6.07) is -0.622. The van der Waals surface area contributed by atoms with E-state index in [9.17, 15) is 19.8 Å². The summed E-state index contributed by atoms with van der Waals surface area (Å²) in [6.45, 7) is 4.90. The van der Waals surface area contributed by atoms with Gasteiger partial charge in [-0.05, 0) is 57.8 Å². The number of hydrogen-bond donors (Lipinski definition) is 3. The summed E-state index contributed by atoms with van der Waals surface area (Å²) in [5, 5.41) is 23.1. The van der Waals surface area contributed by atoms with Crippen LogP contribution in [0.1, 0.15) is 393 Å². The number of ether oxygens (including phenoxy) is 1. The summed E-state index contributed by atoms with van der Waals surface area (Å²) >= 11 is 0. The van der Waals surface area contributed by atoms with E-state index in [0.717, 1.165) is 44.9 Å². The smallest absolute Gasteiger partial charge is 0.305 e. The average molecular weight is 1080 g/mol. The first-order valence-corrected chi connectivity index (χ1v) is 35.1. The van der Waals surface area contributed by atoms with Crippen molar-refractivity contribution in [3.63, 3.8) is 0 Å². The highest BCUT2D eigenvalue weighted by Crippen LogP contribution is 2.19. The van der Waals surface area contributed by atoms with Crippen LogP contribution in [-0.2, 0) is 14.3 Å². The van der Waals surface area contributed by atoms with E-state index in [-0.39, 0.29) is 18.5 Å². The summed E-state index contributed by atoms with van der Waals surface area (Å²) in [7, 11) is 0. The molecule has 0 aliphatic heterocycles. The Morgan fingerprint density at radius 1 is 0.351 bits per heavy atom. The molecule has 0 rings (SSSR count). The van der Waals surface area contributed by atoms with Crippen LogP contribution in [0.2, 0.25) is 0 Å². The fraction of sp³-hybridized carbons (Fsp3) is 0.915. The molecule has 0 aliphatic carbocycles. The quantitative estimate of drug-likeness (QED) is 0.0320. The number of hydrogen-bond acceptors (Lipinski definition) is 5. The second-order valence-corrected chi connectivity index (χ2v) is 24.2. The van der Waals surface area contributed by atoms with Crippen LogP contribution in [0.3, 0.4) is 0 Å². The third-order valence-electron chi connectivity index (χ3n) is 16.5. The molecule has 0 fully saturated rings. The number of esters is 1. The molecule has 0 aliphatic rings. The number of aliphatic hydroxyl groups excluding tert-OH is 2. The number of amides is 1. The second kappa shape index (κ2) is 66.8. The molecular formula is C71H137NO5. The van der Waals surface area contributed by atoms with Crippen molar-refractivity contribution in [1.29, 1.82) is 0 Å². The van der Waals surface area contributed by atoms with Gasteiger partial charge >= 0.3 is 5.97 Å². The molecule has 0 radical (unpaired) electrons. The van der Waals surface area contributed by atoms with E-state index in [1.54, 1.807) is 6.08 Å². The minimum atomic E-state index is -0.839. The van der Waals surface area contributed by atoms with Crippen molar-refractivity contribution in [3.05, 3.63) is 24.3 Å². The van der Waals surface area contributed by atoms with Crippen molar-refractivity contribution >= 4 is 11.9 Å². The Labute approximate surface area is 481 Å². The van der Waals surface area contributed by atoms with E-state index in [1.807, 2.05) is 6.08 Å². The maximum absolute atomic E-state index is 12.5. The molecule has 0 aromatic carbocycles. The molecule has 0 spiro atoms. The Morgan fingerprint density at radius 2 is 0.610 bits per heavy atom. The van der Waals surface area contributed by atoms with Gasteiger partial charge < -0.3 is 20.3 Å². The van der Waals surface area contributed by atoms with Crippen LogP contribution >= 0.6 is 0 Å². The van der Waals surface area contributed by atoms with Gasteiger partial charge in [-0.25, -0.2) is 0 Å². The third-order valence-corrected chi connectivity index (χ3v) is 16.5. The molecule has 77 heavy (non-hydrogen) atoms. The summed E-state index contributed by atoms with van der Waals surface area (Å²) in [6.07, 6.45) is 84.2. The van der Waals surface area contributed by atoms with Gasteiger partial charge in [0.15, 0.2) is 0 Å². The van der Waals surface area contributed by atoms with E-state index < -0.39 is 12.1 Å². The Kier molecular flexibility index (Phi) is 65.4. The SMILES string of the molecule is CCCCC/C=C\CCCCCCCC(=O)OCCCCCCCCCCCCCCCCCCCCCCCCCCCCCCCCCCCCCC(=O)NC(CO)C(O)/C=C/CCCCCCCCCCCCC. The lowest BCUT2D eigenvalue weighted by Gasteiger charge is -2.20. The summed E-state index contributed by atoms with van der Waals surface area (Å²) < 4.78 is 5.48. The van der Waals surface area contributed by atoms with Gasteiger partial charge in [0, 0.05) is 12.8 Å². The first-order valence-electron chi connectivity index (χ1n) is 35.1. The maximum Gasteiger partial charge on any atom is 0.305 e.